The molecule has 1 amide bonds. The van der Waals surface area contributed by atoms with Crippen molar-refractivity contribution in [1.29, 1.82) is 0 Å². The van der Waals surface area contributed by atoms with Crippen LogP contribution in [0.5, 0.6) is 5.75 Å². The highest BCUT2D eigenvalue weighted by molar-refractivity contribution is 5.76. The molecular weight excluding hydrogens is 230 g/mol. The summed E-state index contributed by atoms with van der Waals surface area (Å²) in [5.74, 6) is 0.115. The number of hydrogen-bond acceptors (Lipinski definition) is 3. The number of benzene rings is 1. The Bertz CT molecular complexity index is 379. The number of hydrogen-bond donors (Lipinski definition) is 3. The number of aromatic hydroxyl groups is 1. The van der Waals surface area contributed by atoms with Gasteiger partial charge in [-0.25, -0.2) is 0 Å². The van der Waals surface area contributed by atoms with Gasteiger partial charge in [-0.3, -0.25) is 4.79 Å². The van der Waals surface area contributed by atoms with E-state index in [1.165, 1.54) is 0 Å². The van der Waals surface area contributed by atoms with Crippen molar-refractivity contribution >= 4 is 5.91 Å². The smallest absolute Gasteiger partial charge is 0.220 e. The zero-order valence-electron chi connectivity index (χ0n) is 10.7. The van der Waals surface area contributed by atoms with Gasteiger partial charge in [-0.05, 0) is 24.5 Å². The number of aryl methyl sites for hydroxylation is 1. The van der Waals surface area contributed by atoms with Crippen LogP contribution >= 0.6 is 0 Å². The third-order valence-electron chi connectivity index (χ3n) is 2.77. The van der Waals surface area contributed by atoms with Crippen LogP contribution in [0.1, 0.15) is 31.7 Å². The highest BCUT2D eigenvalue weighted by atomic mass is 16.3. The predicted octanol–water partition coefficient (Wildman–Crippen LogP) is 1.60. The Morgan fingerprint density at radius 2 is 2.11 bits per heavy atom. The van der Waals surface area contributed by atoms with Crippen molar-refractivity contribution in [3.05, 3.63) is 29.8 Å². The maximum Gasteiger partial charge on any atom is 0.220 e. The molecule has 18 heavy (non-hydrogen) atoms. The van der Waals surface area contributed by atoms with Gasteiger partial charge in [-0.15, -0.1) is 0 Å². The Labute approximate surface area is 108 Å². The average Bonchev–Trinajstić information content (AvgIpc) is 2.36. The van der Waals surface area contributed by atoms with Gasteiger partial charge in [0.25, 0.3) is 0 Å². The molecule has 0 bridgehead atoms. The molecule has 0 aliphatic heterocycles. The first-order valence-corrected chi connectivity index (χ1v) is 6.35. The third-order valence-corrected chi connectivity index (χ3v) is 2.77. The fourth-order valence-electron chi connectivity index (χ4n) is 1.73. The summed E-state index contributed by atoms with van der Waals surface area (Å²) in [5, 5.41) is 21.7. The molecule has 100 valence electrons. The molecule has 0 saturated carbocycles. The molecule has 0 aliphatic carbocycles. The van der Waals surface area contributed by atoms with Gasteiger partial charge < -0.3 is 15.5 Å². The minimum absolute atomic E-state index is 0.103. The summed E-state index contributed by atoms with van der Waals surface area (Å²) in [4.78, 5) is 11.5. The van der Waals surface area contributed by atoms with E-state index in [1.54, 1.807) is 18.2 Å². The second-order valence-electron chi connectivity index (χ2n) is 4.38. The second kappa shape index (κ2) is 7.71. The summed E-state index contributed by atoms with van der Waals surface area (Å²) < 4.78 is 0. The minimum atomic E-state index is -0.468. The van der Waals surface area contributed by atoms with Crippen molar-refractivity contribution in [2.45, 2.75) is 38.7 Å². The SMILES string of the molecule is CCCC(O)CNC(=O)CCc1ccccc1O. The number of para-hydroxylation sites is 1. The van der Waals surface area contributed by atoms with Crippen molar-refractivity contribution in [3.63, 3.8) is 0 Å². The lowest BCUT2D eigenvalue weighted by Crippen LogP contribution is -2.32. The Balaban J connectivity index is 2.27. The molecule has 1 rings (SSSR count). The number of aliphatic hydroxyl groups is 1. The van der Waals surface area contributed by atoms with Gasteiger partial charge in [0.1, 0.15) is 5.75 Å². The number of phenols is 1. The quantitative estimate of drug-likeness (QED) is 0.689. The second-order valence-corrected chi connectivity index (χ2v) is 4.38. The van der Waals surface area contributed by atoms with Crippen LogP contribution in [0.3, 0.4) is 0 Å². The van der Waals surface area contributed by atoms with Crippen molar-refractivity contribution in [1.82, 2.24) is 5.32 Å². The normalized spacial score (nSPS) is 12.1. The molecule has 1 aromatic rings. The zero-order chi connectivity index (χ0) is 13.4. The maximum absolute atomic E-state index is 11.5. The lowest BCUT2D eigenvalue weighted by Gasteiger charge is -2.10. The minimum Gasteiger partial charge on any atom is -0.508 e. The summed E-state index contributed by atoms with van der Waals surface area (Å²) in [7, 11) is 0. The van der Waals surface area contributed by atoms with E-state index in [4.69, 9.17) is 0 Å². The number of rotatable bonds is 7. The molecule has 0 aromatic heterocycles. The van der Waals surface area contributed by atoms with Crippen molar-refractivity contribution in [3.8, 4) is 5.75 Å². The molecule has 0 radical (unpaired) electrons. The zero-order valence-corrected chi connectivity index (χ0v) is 10.7. The van der Waals surface area contributed by atoms with E-state index < -0.39 is 6.10 Å². The summed E-state index contributed by atoms with van der Waals surface area (Å²) in [6.07, 6.45) is 1.94. The summed E-state index contributed by atoms with van der Waals surface area (Å²) >= 11 is 0. The number of carbonyl (C=O) groups excluding carboxylic acids is 1. The van der Waals surface area contributed by atoms with E-state index in [-0.39, 0.29) is 11.7 Å². The van der Waals surface area contributed by atoms with Gasteiger partial charge in [0.2, 0.25) is 5.91 Å². The van der Waals surface area contributed by atoms with Crippen LogP contribution < -0.4 is 5.32 Å². The highest BCUT2D eigenvalue weighted by Crippen LogP contribution is 2.16. The molecule has 0 heterocycles. The number of carbonyl (C=O) groups is 1. The Morgan fingerprint density at radius 3 is 2.78 bits per heavy atom. The van der Waals surface area contributed by atoms with Gasteiger partial charge in [-0.1, -0.05) is 31.5 Å². The third kappa shape index (κ3) is 5.19. The van der Waals surface area contributed by atoms with E-state index in [0.717, 1.165) is 12.0 Å². The van der Waals surface area contributed by atoms with Gasteiger partial charge in [0, 0.05) is 13.0 Å². The molecule has 0 fully saturated rings. The summed E-state index contributed by atoms with van der Waals surface area (Å²) in [6, 6.07) is 6.99. The molecule has 3 N–H and O–H groups in total. The molecule has 1 aromatic carbocycles. The fourth-order valence-corrected chi connectivity index (χ4v) is 1.73. The fraction of sp³-hybridized carbons (Fsp3) is 0.500. The first-order chi connectivity index (χ1) is 8.63. The topological polar surface area (TPSA) is 69.6 Å². The molecule has 0 spiro atoms. The lowest BCUT2D eigenvalue weighted by molar-refractivity contribution is -0.121. The first-order valence-electron chi connectivity index (χ1n) is 6.35. The Hall–Kier alpha value is -1.55. The number of aliphatic hydroxyl groups excluding tert-OH is 1. The van der Waals surface area contributed by atoms with Gasteiger partial charge in [0.05, 0.1) is 6.10 Å². The Kier molecular flexibility index (Phi) is 6.22. The van der Waals surface area contributed by atoms with Gasteiger partial charge in [0.15, 0.2) is 0 Å². The van der Waals surface area contributed by atoms with Crippen molar-refractivity contribution in [2.24, 2.45) is 0 Å². The van der Waals surface area contributed by atoms with Crippen LogP contribution in [0.4, 0.5) is 0 Å². The largest absolute Gasteiger partial charge is 0.508 e. The van der Waals surface area contributed by atoms with Crippen molar-refractivity contribution in [2.75, 3.05) is 6.54 Å². The van der Waals surface area contributed by atoms with Crippen LogP contribution in [-0.2, 0) is 11.2 Å². The summed E-state index contributed by atoms with van der Waals surface area (Å²) in [6.45, 7) is 2.29. The molecule has 0 saturated heterocycles. The van der Waals surface area contributed by atoms with Crippen LogP contribution in [0.25, 0.3) is 0 Å². The van der Waals surface area contributed by atoms with Crippen LogP contribution in [0, 0.1) is 0 Å². The Morgan fingerprint density at radius 1 is 1.39 bits per heavy atom. The van der Waals surface area contributed by atoms with E-state index >= 15 is 0 Å². The van der Waals surface area contributed by atoms with Gasteiger partial charge in [-0.2, -0.15) is 0 Å². The van der Waals surface area contributed by atoms with Gasteiger partial charge >= 0.3 is 0 Å². The summed E-state index contributed by atoms with van der Waals surface area (Å²) in [5.41, 5.74) is 0.766. The van der Waals surface area contributed by atoms with Crippen LogP contribution in [0.2, 0.25) is 0 Å². The number of amides is 1. The van der Waals surface area contributed by atoms with Crippen molar-refractivity contribution < 1.29 is 15.0 Å². The van der Waals surface area contributed by atoms with E-state index in [0.29, 0.717) is 25.8 Å². The molecule has 4 nitrogen and oxygen atoms in total. The van der Waals surface area contributed by atoms with E-state index in [2.05, 4.69) is 5.32 Å². The number of phenolic OH excluding ortho intramolecular Hbond substituents is 1. The number of nitrogens with one attached hydrogen (secondary N) is 1. The van der Waals surface area contributed by atoms with Crippen LogP contribution in [-0.4, -0.2) is 28.8 Å². The van der Waals surface area contributed by atoms with E-state index in [1.807, 2.05) is 13.0 Å². The van der Waals surface area contributed by atoms with E-state index in [9.17, 15) is 15.0 Å². The first kappa shape index (κ1) is 14.5. The predicted molar refractivity (Wildman–Crippen MR) is 70.4 cm³/mol. The molecule has 1 unspecified atom stereocenters. The maximum atomic E-state index is 11.5. The monoisotopic (exact) mass is 251 g/mol. The molecular formula is C14H21NO3. The average molecular weight is 251 g/mol. The highest BCUT2D eigenvalue weighted by Gasteiger charge is 2.07. The molecule has 4 heteroatoms. The van der Waals surface area contributed by atoms with Crippen LogP contribution in [0.15, 0.2) is 24.3 Å². The lowest BCUT2D eigenvalue weighted by atomic mass is 10.1. The molecule has 1 atom stereocenters. The molecule has 0 aliphatic rings. The standard InChI is InChI=1S/C14H21NO3/c1-2-5-12(16)10-15-14(18)9-8-11-6-3-4-7-13(11)17/h3-4,6-7,12,16-17H,2,5,8-10H2,1H3,(H,15,18).